The van der Waals surface area contributed by atoms with Crippen LogP contribution >= 0.6 is 11.6 Å². The number of fused-ring (bicyclic) bond motifs is 1. The molecule has 0 bridgehead atoms. The number of anilines is 1. The van der Waals surface area contributed by atoms with Crippen LogP contribution in [0.25, 0.3) is 5.65 Å². The molecule has 27 heavy (non-hydrogen) atoms. The minimum atomic E-state index is -1.17. The molecule has 7 nitrogen and oxygen atoms in total. The molecule has 1 aromatic carbocycles. The molecule has 2 aromatic heterocycles. The Morgan fingerprint density at radius 2 is 2.11 bits per heavy atom. The summed E-state index contributed by atoms with van der Waals surface area (Å²) in [5.74, 6) is -1.45. The van der Waals surface area contributed by atoms with Gasteiger partial charge in [-0.2, -0.15) is 0 Å². The molecule has 0 saturated carbocycles. The second-order valence-electron chi connectivity index (χ2n) is 5.88. The number of carboxylic acids is 1. The average Bonchev–Trinajstić information content (AvgIpc) is 3.01. The predicted octanol–water partition coefficient (Wildman–Crippen LogP) is 3.90. The Bertz CT molecular complexity index is 1030. The number of carbonyl (C=O) groups excluding carboxylic acids is 1. The fraction of sp³-hybridized carbons (Fsp3) is 0.211. The van der Waals surface area contributed by atoms with Gasteiger partial charge < -0.3 is 15.2 Å². The molecule has 0 unspecified atom stereocenters. The number of aromatic nitrogens is 2. The van der Waals surface area contributed by atoms with Crippen LogP contribution in [0.4, 0.5) is 5.69 Å². The molecule has 2 heterocycles. The summed E-state index contributed by atoms with van der Waals surface area (Å²) in [4.78, 5) is 28.8. The Morgan fingerprint density at radius 1 is 1.33 bits per heavy atom. The van der Waals surface area contributed by atoms with E-state index in [0.29, 0.717) is 23.5 Å². The summed E-state index contributed by atoms with van der Waals surface area (Å²) in [5.41, 5.74) is 1.96. The van der Waals surface area contributed by atoms with E-state index in [1.54, 1.807) is 10.6 Å². The monoisotopic (exact) mass is 387 g/mol. The number of nitrogens with zero attached hydrogens (tertiary/aromatic N) is 2. The smallest absolute Gasteiger partial charge is 0.339 e. The normalized spacial score (nSPS) is 10.8. The van der Waals surface area contributed by atoms with E-state index in [9.17, 15) is 14.7 Å². The third-order valence-electron chi connectivity index (χ3n) is 4.07. The molecular weight excluding hydrogens is 370 g/mol. The fourth-order valence-corrected chi connectivity index (χ4v) is 3.07. The Hall–Kier alpha value is -3.06. The Labute approximate surface area is 160 Å². The highest BCUT2D eigenvalue weighted by Crippen LogP contribution is 2.31. The van der Waals surface area contributed by atoms with E-state index in [2.05, 4.69) is 10.3 Å². The molecule has 0 aliphatic heterocycles. The zero-order chi connectivity index (χ0) is 19.6. The molecule has 0 aliphatic rings. The number of rotatable bonds is 6. The average molecular weight is 388 g/mol. The van der Waals surface area contributed by atoms with Crippen LogP contribution in [0.3, 0.4) is 0 Å². The molecule has 0 atom stereocenters. The van der Waals surface area contributed by atoms with Crippen molar-refractivity contribution in [2.45, 2.75) is 19.8 Å². The van der Waals surface area contributed by atoms with Crippen LogP contribution in [0, 0.1) is 0 Å². The number of aromatic carboxylic acids is 1. The maximum atomic E-state index is 13.0. The third kappa shape index (κ3) is 3.59. The maximum absolute atomic E-state index is 13.0. The van der Waals surface area contributed by atoms with Crippen molar-refractivity contribution in [1.29, 1.82) is 0 Å². The number of hydrogen-bond acceptors (Lipinski definition) is 4. The van der Waals surface area contributed by atoms with Crippen molar-refractivity contribution < 1.29 is 19.4 Å². The number of aryl methyl sites for hydroxylation is 1. The highest BCUT2D eigenvalue weighted by Gasteiger charge is 2.21. The number of nitrogens with one attached hydrogen (secondary N) is 1. The maximum Gasteiger partial charge on any atom is 0.339 e. The summed E-state index contributed by atoms with van der Waals surface area (Å²) in [6, 6.07) is 8.14. The Balaban J connectivity index is 2.02. The molecule has 0 saturated heterocycles. The lowest BCUT2D eigenvalue weighted by molar-refractivity contribution is 0.0693. The highest BCUT2D eigenvalue weighted by molar-refractivity contribution is 6.34. The number of benzene rings is 1. The molecule has 0 fully saturated rings. The van der Waals surface area contributed by atoms with Crippen molar-refractivity contribution in [2.24, 2.45) is 0 Å². The summed E-state index contributed by atoms with van der Waals surface area (Å²) >= 11 is 6.17. The first-order chi connectivity index (χ1) is 13.0. The Morgan fingerprint density at radius 3 is 2.78 bits per heavy atom. The lowest BCUT2D eigenvalue weighted by atomic mass is 10.1. The SMILES string of the molecule is CCCc1nc2ccccn2c1C(=O)Nc1cc(OC)c(C(=O)O)cc1Cl. The summed E-state index contributed by atoms with van der Waals surface area (Å²) in [6.07, 6.45) is 3.26. The highest BCUT2D eigenvalue weighted by atomic mass is 35.5. The topological polar surface area (TPSA) is 92.9 Å². The molecule has 8 heteroatoms. The molecule has 1 amide bonds. The lowest BCUT2D eigenvalue weighted by Gasteiger charge is -2.12. The van der Waals surface area contributed by atoms with Crippen LogP contribution in [0.5, 0.6) is 5.75 Å². The summed E-state index contributed by atoms with van der Waals surface area (Å²) in [6.45, 7) is 2.01. The van der Waals surface area contributed by atoms with Crippen LogP contribution in [0.2, 0.25) is 5.02 Å². The van der Waals surface area contributed by atoms with Crippen molar-refractivity contribution in [3.63, 3.8) is 0 Å². The van der Waals surface area contributed by atoms with E-state index in [0.717, 1.165) is 6.42 Å². The third-order valence-corrected chi connectivity index (χ3v) is 4.38. The van der Waals surface area contributed by atoms with Gasteiger partial charge in [0.1, 0.15) is 22.7 Å². The number of ether oxygens (including phenoxy) is 1. The van der Waals surface area contributed by atoms with Crippen molar-refractivity contribution in [3.05, 3.63) is 58.5 Å². The van der Waals surface area contributed by atoms with Gasteiger partial charge in [0.25, 0.3) is 5.91 Å². The molecule has 2 N–H and O–H groups in total. The molecule has 3 aromatic rings. The first-order valence-corrected chi connectivity index (χ1v) is 8.72. The van der Waals surface area contributed by atoms with Gasteiger partial charge in [-0.25, -0.2) is 9.78 Å². The molecule has 140 valence electrons. The number of carboxylic acid groups (broad SMARTS) is 1. The lowest BCUT2D eigenvalue weighted by Crippen LogP contribution is -2.17. The minimum absolute atomic E-state index is 0.0815. The second-order valence-corrected chi connectivity index (χ2v) is 6.28. The van der Waals surface area contributed by atoms with Crippen LogP contribution in [-0.2, 0) is 6.42 Å². The summed E-state index contributed by atoms with van der Waals surface area (Å²) < 4.78 is 6.82. The van der Waals surface area contributed by atoms with Crippen molar-refractivity contribution >= 4 is 34.8 Å². The van der Waals surface area contributed by atoms with E-state index in [-0.39, 0.29) is 27.9 Å². The predicted molar refractivity (Wildman–Crippen MR) is 102 cm³/mol. The number of imidazole rings is 1. The first kappa shape index (κ1) is 18.7. The van der Waals surface area contributed by atoms with Gasteiger partial charge in [-0.05, 0) is 24.6 Å². The first-order valence-electron chi connectivity index (χ1n) is 8.34. The van der Waals surface area contributed by atoms with Crippen LogP contribution in [0.1, 0.15) is 39.9 Å². The largest absolute Gasteiger partial charge is 0.496 e. The molecule has 0 radical (unpaired) electrons. The van der Waals surface area contributed by atoms with Gasteiger partial charge in [0.05, 0.1) is 23.5 Å². The zero-order valence-electron chi connectivity index (χ0n) is 14.8. The van der Waals surface area contributed by atoms with Gasteiger partial charge in [0.2, 0.25) is 0 Å². The fourth-order valence-electron chi connectivity index (χ4n) is 2.86. The van der Waals surface area contributed by atoms with Crippen molar-refractivity contribution in [3.8, 4) is 5.75 Å². The van der Waals surface area contributed by atoms with Crippen LogP contribution in [-0.4, -0.2) is 33.5 Å². The van der Waals surface area contributed by atoms with Crippen LogP contribution in [0.15, 0.2) is 36.5 Å². The number of pyridine rings is 1. The second kappa shape index (κ2) is 7.67. The van der Waals surface area contributed by atoms with E-state index < -0.39 is 5.97 Å². The van der Waals surface area contributed by atoms with Crippen molar-refractivity contribution in [2.75, 3.05) is 12.4 Å². The standard InChI is InChI=1S/C19H18ClN3O4/c1-3-6-13-17(23-8-5-4-7-16(23)21-13)18(24)22-14-10-15(27-2)11(19(25)26)9-12(14)20/h4-5,7-10H,3,6H2,1-2H3,(H,22,24)(H,25,26). The summed E-state index contributed by atoms with van der Waals surface area (Å²) in [5, 5.41) is 12.1. The van der Waals surface area contributed by atoms with Gasteiger partial charge in [0, 0.05) is 12.3 Å². The van der Waals surface area contributed by atoms with E-state index in [1.165, 1.54) is 19.2 Å². The minimum Gasteiger partial charge on any atom is -0.496 e. The number of halogens is 1. The number of methoxy groups -OCH3 is 1. The molecule has 0 spiro atoms. The number of amides is 1. The van der Waals surface area contributed by atoms with E-state index in [4.69, 9.17) is 16.3 Å². The Kier molecular flexibility index (Phi) is 5.32. The van der Waals surface area contributed by atoms with Crippen molar-refractivity contribution in [1.82, 2.24) is 9.38 Å². The van der Waals surface area contributed by atoms with Gasteiger partial charge in [-0.15, -0.1) is 0 Å². The van der Waals surface area contributed by atoms with E-state index >= 15 is 0 Å². The molecule has 3 rings (SSSR count). The zero-order valence-corrected chi connectivity index (χ0v) is 15.6. The van der Waals surface area contributed by atoms with Gasteiger partial charge in [-0.3, -0.25) is 9.20 Å². The number of hydrogen-bond donors (Lipinski definition) is 2. The summed E-state index contributed by atoms with van der Waals surface area (Å²) in [7, 11) is 1.35. The van der Waals surface area contributed by atoms with Gasteiger partial charge in [-0.1, -0.05) is 31.0 Å². The quantitative estimate of drug-likeness (QED) is 0.669. The van der Waals surface area contributed by atoms with E-state index in [1.807, 2.05) is 25.1 Å². The molecule has 0 aliphatic carbocycles. The molecular formula is C19H18ClN3O4. The van der Waals surface area contributed by atoms with Gasteiger partial charge in [0.15, 0.2) is 0 Å². The number of carbonyl (C=O) groups is 2. The van der Waals surface area contributed by atoms with Crippen LogP contribution < -0.4 is 10.1 Å². The van der Waals surface area contributed by atoms with Gasteiger partial charge >= 0.3 is 5.97 Å².